The number of anilines is 1. The molecule has 106 valence electrons. The zero-order valence-corrected chi connectivity index (χ0v) is 12.1. The van der Waals surface area contributed by atoms with E-state index in [0.717, 1.165) is 18.5 Å². The smallest absolute Gasteiger partial charge is 0.326 e. The molecule has 2 N–H and O–H groups in total. The SMILES string of the molecule is CCCC[C@H](Nc1nccc(C(C)(C)C)n1)C(=O)O. The first-order chi connectivity index (χ1) is 8.84. The van der Waals surface area contributed by atoms with Crippen LogP contribution in [0.3, 0.4) is 0 Å². The predicted molar refractivity (Wildman–Crippen MR) is 75.3 cm³/mol. The van der Waals surface area contributed by atoms with Crippen LogP contribution >= 0.6 is 0 Å². The topological polar surface area (TPSA) is 75.1 Å². The molecular formula is C14H23N3O2. The van der Waals surface area contributed by atoms with E-state index in [1.165, 1.54) is 0 Å². The van der Waals surface area contributed by atoms with Gasteiger partial charge in [-0.05, 0) is 12.5 Å². The lowest BCUT2D eigenvalue weighted by molar-refractivity contribution is -0.138. The normalized spacial score (nSPS) is 13.1. The molecule has 1 atom stereocenters. The summed E-state index contributed by atoms with van der Waals surface area (Å²) >= 11 is 0. The Morgan fingerprint density at radius 2 is 2.16 bits per heavy atom. The Morgan fingerprint density at radius 1 is 1.47 bits per heavy atom. The average Bonchev–Trinajstić information content (AvgIpc) is 2.33. The van der Waals surface area contributed by atoms with Gasteiger partial charge in [0, 0.05) is 11.6 Å². The van der Waals surface area contributed by atoms with Gasteiger partial charge in [0.25, 0.3) is 0 Å². The molecule has 1 aromatic heterocycles. The lowest BCUT2D eigenvalue weighted by atomic mass is 9.92. The number of carboxylic acid groups (broad SMARTS) is 1. The molecular weight excluding hydrogens is 242 g/mol. The molecule has 1 rings (SSSR count). The van der Waals surface area contributed by atoms with Crippen LogP contribution in [0.4, 0.5) is 5.95 Å². The van der Waals surface area contributed by atoms with Crippen LogP contribution in [0.2, 0.25) is 0 Å². The second-order valence-electron chi connectivity index (χ2n) is 5.69. The summed E-state index contributed by atoms with van der Waals surface area (Å²) in [7, 11) is 0. The first-order valence-electron chi connectivity index (χ1n) is 6.67. The van der Waals surface area contributed by atoms with Gasteiger partial charge in [0.1, 0.15) is 6.04 Å². The van der Waals surface area contributed by atoms with Crippen LogP contribution < -0.4 is 5.32 Å². The molecule has 0 fully saturated rings. The van der Waals surface area contributed by atoms with Crippen LogP contribution in [0, 0.1) is 0 Å². The van der Waals surface area contributed by atoms with E-state index in [0.29, 0.717) is 12.4 Å². The molecule has 1 heterocycles. The number of carboxylic acids is 1. The van der Waals surface area contributed by atoms with Crippen LogP contribution in [0.5, 0.6) is 0 Å². The minimum absolute atomic E-state index is 0.0818. The van der Waals surface area contributed by atoms with Crippen molar-refractivity contribution in [1.82, 2.24) is 9.97 Å². The van der Waals surface area contributed by atoms with E-state index in [1.54, 1.807) is 6.20 Å². The quantitative estimate of drug-likeness (QED) is 0.827. The highest BCUT2D eigenvalue weighted by atomic mass is 16.4. The molecule has 0 spiro atoms. The van der Waals surface area contributed by atoms with Gasteiger partial charge in [0.05, 0.1) is 5.69 Å². The number of aliphatic carboxylic acids is 1. The van der Waals surface area contributed by atoms with Crippen LogP contribution in [0.25, 0.3) is 0 Å². The molecule has 19 heavy (non-hydrogen) atoms. The van der Waals surface area contributed by atoms with E-state index in [1.807, 2.05) is 13.0 Å². The predicted octanol–water partition coefficient (Wildman–Crippen LogP) is 2.83. The van der Waals surface area contributed by atoms with Gasteiger partial charge in [-0.15, -0.1) is 0 Å². The highest BCUT2D eigenvalue weighted by Crippen LogP contribution is 2.20. The van der Waals surface area contributed by atoms with Gasteiger partial charge < -0.3 is 10.4 Å². The maximum Gasteiger partial charge on any atom is 0.326 e. The molecule has 0 amide bonds. The van der Waals surface area contributed by atoms with Crippen LogP contribution in [0.15, 0.2) is 12.3 Å². The number of nitrogens with zero attached hydrogens (tertiary/aromatic N) is 2. The van der Waals surface area contributed by atoms with Gasteiger partial charge in [0.2, 0.25) is 5.95 Å². The Kier molecular flexibility index (Phi) is 5.27. The minimum atomic E-state index is -0.863. The van der Waals surface area contributed by atoms with Crippen LogP contribution in [-0.4, -0.2) is 27.1 Å². The standard InChI is InChI=1S/C14H23N3O2/c1-5-6-7-10(12(18)19)16-13-15-9-8-11(17-13)14(2,3)4/h8-10H,5-7H2,1-4H3,(H,18,19)(H,15,16,17)/t10-/m0/s1. The van der Waals surface area contributed by atoms with Crippen molar-refractivity contribution in [2.45, 2.75) is 58.4 Å². The number of aromatic nitrogens is 2. The zero-order chi connectivity index (χ0) is 14.5. The van der Waals surface area contributed by atoms with Gasteiger partial charge in [-0.25, -0.2) is 14.8 Å². The first kappa shape index (κ1) is 15.4. The Balaban J connectivity index is 2.82. The fourth-order valence-electron chi connectivity index (χ4n) is 1.67. The van der Waals surface area contributed by atoms with Crippen molar-refractivity contribution < 1.29 is 9.90 Å². The molecule has 5 nitrogen and oxygen atoms in total. The lowest BCUT2D eigenvalue weighted by Crippen LogP contribution is -2.30. The summed E-state index contributed by atoms with van der Waals surface area (Å²) in [6.45, 7) is 8.22. The van der Waals surface area contributed by atoms with Crippen molar-refractivity contribution in [3.8, 4) is 0 Å². The van der Waals surface area contributed by atoms with Gasteiger partial charge in [0.15, 0.2) is 0 Å². The molecule has 0 saturated heterocycles. The van der Waals surface area contributed by atoms with Crippen molar-refractivity contribution in [3.63, 3.8) is 0 Å². The van der Waals surface area contributed by atoms with Gasteiger partial charge >= 0.3 is 5.97 Å². The number of rotatable bonds is 6. The number of carbonyl (C=O) groups is 1. The Labute approximate surface area is 114 Å². The first-order valence-corrected chi connectivity index (χ1v) is 6.67. The molecule has 1 aromatic rings. The van der Waals surface area contributed by atoms with Crippen LogP contribution in [-0.2, 0) is 10.2 Å². The summed E-state index contributed by atoms with van der Waals surface area (Å²) in [5.41, 5.74) is 0.811. The summed E-state index contributed by atoms with van der Waals surface area (Å²) in [5, 5.41) is 12.1. The third kappa shape index (κ3) is 4.85. The molecule has 5 heteroatoms. The van der Waals surface area contributed by atoms with Crippen molar-refractivity contribution in [2.24, 2.45) is 0 Å². The van der Waals surface area contributed by atoms with E-state index >= 15 is 0 Å². The second-order valence-corrected chi connectivity index (χ2v) is 5.69. The average molecular weight is 265 g/mol. The number of hydrogen-bond acceptors (Lipinski definition) is 4. The zero-order valence-electron chi connectivity index (χ0n) is 12.1. The maximum atomic E-state index is 11.2. The van der Waals surface area contributed by atoms with Gasteiger partial charge in [-0.2, -0.15) is 0 Å². The summed E-state index contributed by atoms with van der Waals surface area (Å²) in [6.07, 6.45) is 4.07. The fourth-order valence-corrected chi connectivity index (χ4v) is 1.67. The van der Waals surface area contributed by atoms with Crippen molar-refractivity contribution in [3.05, 3.63) is 18.0 Å². The monoisotopic (exact) mass is 265 g/mol. The van der Waals surface area contributed by atoms with E-state index in [2.05, 4.69) is 36.1 Å². The van der Waals surface area contributed by atoms with Crippen molar-refractivity contribution >= 4 is 11.9 Å². The van der Waals surface area contributed by atoms with Gasteiger partial charge in [-0.1, -0.05) is 40.5 Å². The van der Waals surface area contributed by atoms with E-state index < -0.39 is 12.0 Å². The third-order valence-corrected chi connectivity index (χ3v) is 2.87. The number of nitrogens with one attached hydrogen (secondary N) is 1. The second kappa shape index (κ2) is 6.50. The molecule has 0 unspecified atom stereocenters. The molecule has 0 aliphatic rings. The summed E-state index contributed by atoms with van der Waals surface area (Å²) in [4.78, 5) is 19.7. The molecule has 0 aliphatic heterocycles. The number of unbranched alkanes of at least 4 members (excludes halogenated alkanes) is 1. The Bertz CT molecular complexity index is 427. The van der Waals surface area contributed by atoms with Crippen molar-refractivity contribution in [2.75, 3.05) is 5.32 Å². The Hall–Kier alpha value is -1.65. The molecule has 0 saturated carbocycles. The molecule has 0 radical (unpaired) electrons. The largest absolute Gasteiger partial charge is 0.480 e. The highest BCUT2D eigenvalue weighted by molar-refractivity contribution is 5.76. The van der Waals surface area contributed by atoms with Crippen LogP contribution in [0.1, 0.15) is 52.7 Å². The van der Waals surface area contributed by atoms with Crippen molar-refractivity contribution in [1.29, 1.82) is 0 Å². The fraction of sp³-hybridized carbons (Fsp3) is 0.643. The lowest BCUT2D eigenvalue weighted by Gasteiger charge is -2.19. The summed E-state index contributed by atoms with van der Waals surface area (Å²) in [5.74, 6) is -0.478. The molecule has 0 bridgehead atoms. The minimum Gasteiger partial charge on any atom is -0.480 e. The molecule has 0 aliphatic carbocycles. The van der Waals surface area contributed by atoms with E-state index in [-0.39, 0.29) is 5.41 Å². The van der Waals surface area contributed by atoms with Gasteiger partial charge in [-0.3, -0.25) is 0 Å². The summed E-state index contributed by atoms with van der Waals surface area (Å²) in [6, 6.07) is 1.22. The van der Waals surface area contributed by atoms with E-state index in [4.69, 9.17) is 0 Å². The third-order valence-electron chi connectivity index (χ3n) is 2.87. The Morgan fingerprint density at radius 3 is 2.68 bits per heavy atom. The highest BCUT2D eigenvalue weighted by Gasteiger charge is 2.20. The number of hydrogen-bond donors (Lipinski definition) is 2. The summed E-state index contributed by atoms with van der Waals surface area (Å²) < 4.78 is 0. The maximum absolute atomic E-state index is 11.2. The molecule has 0 aromatic carbocycles. The van der Waals surface area contributed by atoms with E-state index in [9.17, 15) is 9.90 Å².